The zero-order chi connectivity index (χ0) is 13.9. The van der Waals surface area contributed by atoms with E-state index >= 15 is 0 Å². The minimum Gasteiger partial charge on any atom is -0.478 e. The molecule has 0 radical (unpaired) electrons. The van der Waals surface area contributed by atoms with Gasteiger partial charge in [0.05, 0.1) is 5.56 Å². The highest BCUT2D eigenvalue weighted by Crippen LogP contribution is 2.16. The van der Waals surface area contributed by atoms with Gasteiger partial charge < -0.3 is 5.11 Å². The summed E-state index contributed by atoms with van der Waals surface area (Å²) >= 11 is 0. The Labute approximate surface area is 110 Å². The molecular weight excluding hydrogens is 240 g/mol. The number of carboxylic acids is 1. The lowest BCUT2D eigenvalue weighted by Crippen LogP contribution is -2.16. The first kappa shape index (κ1) is 14.5. The van der Waals surface area contributed by atoms with Crippen LogP contribution in [-0.4, -0.2) is 19.1 Å². The zero-order valence-corrected chi connectivity index (χ0v) is 12.7. The van der Waals surface area contributed by atoms with Gasteiger partial charge >= 0.3 is 5.97 Å². The highest BCUT2D eigenvalue weighted by atomic mass is 28.3. The second kappa shape index (κ2) is 5.41. The van der Waals surface area contributed by atoms with Gasteiger partial charge in [0, 0.05) is 6.42 Å². The number of hydrogen-bond acceptors (Lipinski definition) is 1. The maximum Gasteiger partial charge on any atom is 0.335 e. The van der Waals surface area contributed by atoms with Crippen LogP contribution in [0.1, 0.15) is 27.0 Å². The summed E-state index contributed by atoms with van der Waals surface area (Å²) in [5.74, 6) is 2.32. The summed E-state index contributed by atoms with van der Waals surface area (Å²) in [4.78, 5) is 11.1. The SMILES string of the molecule is Cc1cc(C)c(C(=O)O)cc1CC#C[Si](C)(C)C. The van der Waals surface area contributed by atoms with Crippen LogP contribution in [0.4, 0.5) is 0 Å². The molecule has 2 nitrogen and oxygen atoms in total. The number of aromatic carboxylic acids is 1. The van der Waals surface area contributed by atoms with E-state index in [1.54, 1.807) is 6.07 Å². The molecular formula is C15H20O2Si. The smallest absolute Gasteiger partial charge is 0.335 e. The number of benzene rings is 1. The molecule has 1 N–H and O–H groups in total. The Kier molecular flexibility index (Phi) is 4.36. The molecule has 0 fully saturated rings. The van der Waals surface area contributed by atoms with E-state index in [1.165, 1.54) is 0 Å². The van der Waals surface area contributed by atoms with Crippen molar-refractivity contribution in [3.63, 3.8) is 0 Å². The molecule has 1 aromatic carbocycles. The predicted octanol–water partition coefficient (Wildman–Crippen LogP) is 3.42. The first-order chi connectivity index (χ1) is 8.20. The monoisotopic (exact) mass is 260 g/mol. The Morgan fingerprint density at radius 3 is 2.33 bits per heavy atom. The highest BCUT2D eigenvalue weighted by molar-refractivity contribution is 6.83. The van der Waals surface area contributed by atoms with Crippen molar-refractivity contribution < 1.29 is 9.90 Å². The minimum absolute atomic E-state index is 0.380. The molecule has 3 heteroatoms. The molecule has 0 atom stereocenters. The number of hydrogen-bond donors (Lipinski definition) is 1. The van der Waals surface area contributed by atoms with Crippen molar-refractivity contribution in [1.29, 1.82) is 0 Å². The van der Waals surface area contributed by atoms with Gasteiger partial charge in [-0.2, -0.15) is 0 Å². The fourth-order valence-corrected chi connectivity index (χ4v) is 2.34. The van der Waals surface area contributed by atoms with E-state index < -0.39 is 14.0 Å². The van der Waals surface area contributed by atoms with Crippen LogP contribution in [0.25, 0.3) is 0 Å². The van der Waals surface area contributed by atoms with Gasteiger partial charge in [-0.05, 0) is 36.6 Å². The lowest BCUT2D eigenvalue weighted by molar-refractivity contribution is 0.0696. The molecule has 0 unspecified atom stereocenters. The van der Waals surface area contributed by atoms with Gasteiger partial charge in [0.2, 0.25) is 0 Å². The van der Waals surface area contributed by atoms with Gasteiger partial charge in [-0.15, -0.1) is 11.5 Å². The Balaban J connectivity index is 3.06. The molecule has 1 aromatic rings. The summed E-state index contributed by atoms with van der Waals surface area (Å²) in [7, 11) is -1.35. The van der Waals surface area contributed by atoms with E-state index in [0.717, 1.165) is 16.7 Å². The molecule has 0 aliphatic heterocycles. The van der Waals surface area contributed by atoms with E-state index in [-0.39, 0.29) is 0 Å². The van der Waals surface area contributed by atoms with Crippen LogP contribution in [0.15, 0.2) is 12.1 Å². The molecule has 0 saturated carbocycles. The van der Waals surface area contributed by atoms with Crippen molar-refractivity contribution in [2.24, 2.45) is 0 Å². The third-order valence-corrected chi connectivity index (χ3v) is 3.58. The Morgan fingerprint density at radius 1 is 1.22 bits per heavy atom. The third-order valence-electron chi connectivity index (χ3n) is 2.66. The average Bonchev–Trinajstić information content (AvgIpc) is 2.18. The van der Waals surface area contributed by atoms with Crippen molar-refractivity contribution >= 4 is 14.0 Å². The molecule has 96 valence electrons. The normalized spacial score (nSPS) is 10.7. The average molecular weight is 260 g/mol. The van der Waals surface area contributed by atoms with Crippen molar-refractivity contribution in [3.05, 3.63) is 34.4 Å². The summed E-state index contributed by atoms with van der Waals surface area (Å²) in [6.07, 6.45) is 0.636. The molecule has 0 saturated heterocycles. The number of carbonyl (C=O) groups is 1. The number of carboxylic acid groups (broad SMARTS) is 1. The van der Waals surface area contributed by atoms with E-state index in [1.807, 2.05) is 19.9 Å². The van der Waals surface area contributed by atoms with Crippen LogP contribution in [0, 0.1) is 25.3 Å². The first-order valence-corrected chi connectivity index (χ1v) is 9.54. The van der Waals surface area contributed by atoms with Crippen LogP contribution in [0.3, 0.4) is 0 Å². The van der Waals surface area contributed by atoms with Gasteiger partial charge in [-0.3, -0.25) is 0 Å². The second-order valence-corrected chi connectivity index (χ2v) is 10.4. The van der Waals surface area contributed by atoms with E-state index in [2.05, 4.69) is 31.1 Å². The van der Waals surface area contributed by atoms with Crippen LogP contribution >= 0.6 is 0 Å². The number of rotatable bonds is 2. The van der Waals surface area contributed by atoms with Gasteiger partial charge in [-0.25, -0.2) is 4.79 Å². The largest absolute Gasteiger partial charge is 0.478 e. The summed E-state index contributed by atoms with van der Waals surface area (Å²) in [5.41, 5.74) is 6.62. The minimum atomic E-state index is -1.35. The van der Waals surface area contributed by atoms with Crippen LogP contribution in [0.5, 0.6) is 0 Å². The van der Waals surface area contributed by atoms with Crippen molar-refractivity contribution in [3.8, 4) is 11.5 Å². The van der Waals surface area contributed by atoms with Gasteiger partial charge in [0.25, 0.3) is 0 Å². The summed E-state index contributed by atoms with van der Waals surface area (Å²) in [6, 6.07) is 3.68. The molecule has 1 rings (SSSR count). The van der Waals surface area contributed by atoms with Gasteiger partial charge in [0.1, 0.15) is 8.07 Å². The lowest BCUT2D eigenvalue weighted by atomic mass is 9.98. The zero-order valence-electron chi connectivity index (χ0n) is 11.7. The maximum absolute atomic E-state index is 11.1. The Hall–Kier alpha value is -1.53. The third kappa shape index (κ3) is 4.05. The van der Waals surface area contributed by atoms with Gasteiger partial charge in [0.15, 0.2) is 0 Å². The molecule has 0 heterocycles. The van der Waals surface area contributed by atoms with Crippen LogP contribution in [0.2, 0.25) is 19.6 Å². The fourth-order valence-electron chi connectivity index (χ4n) is 1.72. The molecule has 0 amide bonds. The van der Waals surface area contributed by atoms with Crippen LogP contribution < -0.4 is 0 Å². The lowest BCUT2D eigenvalue weighted by Gasteiger charge is -2.08. The quantitative estimate of drug-likeness (QED) is 0.653. The first-order valence-electron chi connectivity index (χ1n) is 6.04. The molecule has 0 bridgehead atoms. The molecule has 0 aliphatic carbocycles. The Morgan fingerprint density at radius 2 is 1.83 bits per heavy atom. The van der Waals surface area contributed by atoms with Gasteiger partial charge in [-0.1, -0.05) is 25.7 Å². The Bertz CT molecular complexity index is 528. The topological polar surface area (TPSA) is 37.3 Å². The molecule has 0 aliphatic rings. The summed E-state index contributed by atoms with van der Waals surface area (Å²) in [5, 5.41) is 9.11. The van der Waals surface area contributed by atoms with E-state index in [4.69, 9.17) is 5.11 Å². The van der Waals surface area contributed by atoms with Crippen molar-refractivity contribution in [2.75, 3.05) is 0 Å². The van der Waals surface area contributed by atoms with E-state index in [9.17, 15) is 4.79 Å². The van der Waals surface area contributed by atoms with Crippen molar-refractivity contribution in [1.82, 2.24) is 0 Å². The maximum atomic E-state index is 11.1. The number of aryl methyl sites for hydroxylation is 2. The fraction of sp³-hybridized carbons (Fsp3) is 0.400. The standard InChI is InChI=1S/C15H20O2Si/c1-11-9-12(2)14(15(16)17)10-13(11)7-6-8-18(3,4)5/h9-10H,7H2,1-5H3,(H,16,17). The predicted molar refractivity (Wildman–Crippen MR) is 77.7 cm³/mol. The molecule has 0 spiro atoms. The molecule has 0 aromatic heterocycles. The van der Waals surface area contributed by atoms with Crippen LogP contribution in [-0.2, 0) is 6.42 Å². The summed E-state index contributed by atoms with van der Waals surface area (Å²) < 4.78 is 0. The second-order valence-electron chi connectivity index (χ2n) is 5.63. The van der Waals surface area contributed by atoms with E-state index in [0.29, 0.717) is 12.0 Å². The summed E-state index contributed by atoms with van der Waals surface area (Å²) in [6.45, 7) is 10.4. The van der Waals surface area contributed by atoms with Crippen molar-refractivity contribution in [2.45, 2.75) is 39.9 Å². The molecule has 18 heavy (non-hydrogen) atoms. The highest BCUT2D eigenvalue weighted by Gasteiger charge is 2.10.